The van der Waals surface area contributed by atoms with Gasteiger partial charge in [-0.2, -0.15) is 0 Å². The Morgan fingerprint density at radius 1 is 0.327 bits per heavy atom. The van der Waals surface area contributed by atoms with E-state index < -0.39 is 0 Å². The number of para-hydroxylation sites is 2. The van der Waals surface area contributed by atoms with Crippen molar-refractivity contribution in [3.8, 4) is 45.3 Å². The molecular weight excluding hydrogens is 639 g/mol. The summed E-state index contributed by atoms with van der Waals surface area (Å²) in [5.74, 6) is 1.81. The van der Waals surface area contributed by atoms with Crippen LogP contribution < -0.4 is 0 Å². The highest BCUT2D eigenvalue weighted by Gasteiger charge is 2.21. The second-order valence-electron chi connectivity index (χ2n) is 13.2. The average molecular weight is 666 g/mol. The van der Waals surface area contributed by atoms with Crippen LogP contribution in [0.4, 0.5) is 0 Å². The zero-order valence-corrected chi connectivity index (χ0v) is 27.7. The maximum absolute atomic E-state index is 6.76. The highest BCUT2D eigenvalue weighted by molar-refractivity contribution is 6.19. The number of nitrogens with zero attached hydrogens (tertiary/aromatic N) is 3. The first-order chi connectivity index (χ1) is 25.7. The largest absolute Gasteiger partial charge is 0.456 e. The zero-order valence-electron chi connectivity index (χ0n) is 27.7. The zero-order chi connectivity index (χ0) is 34.2. The molecule has 0 saturated heterocycles. The van der Waals surface area contributed by atoms with Gasteiger partial charge in [0.2, 0.25) is 0 Å². The Morgan fingerprint density at radius 2 is 0.827 bits per heavy atom. The molecule has 0 amide bonds. The molecule has 5 heteroatoms. The van der Waals surface area contributed by atoms with Gasteiger partial charge in [-0.25, -0.2) is 15.0 Å². The molecule has 0 aliphatic rings. The molecule has 0 spiro atoms. The van der Waals surface area contributed by atoms with E-state index in [2.05, 4.69) is 127 Å². The fourth-order valence-corrected chi connectivity index (χ4v) is 7.66. The highest BCUT2D eigenvalue weighted by atomic mass is 16.3. The van der Waals surface area contributed by atoms with E-state index in [-0.39, 0.29) is 0 Å². The molecule has 11 rings (SSSR count). The third kappa shape index (κ3) is 4.46. The first-order valence-electron chi connectivity index (χ1n) is 17.3. The van der Waals surface area contributed by atoms with Gasteiger partial charge in [-0.15, -0.1) is 0 Å². The van der Waals surface area contributed by atoms with Crippen LogP contribution in [0.1, 0.15) is 0 Å². The standard InChI is InChI=1S/C47H27N3O2/c1-3-12-30-26-32(24-22-28(30)10-1)45-48-46(33-25-23-29-11-2-4-13-31(29)27-33)50-47(49-45)38-18-9-21-41-43(38)37-17-7-16-35(44(37)52-41)34-15-8-20-40-42(34)36-14-5-6-19-39(36)51-40/h1-27H. The van der Waals surface area contributed by atoms with Gasteiger partial charge in [-0.1, -0.05) is 133 Å². The van der Waals surface area contributed by atoms with Crippen molar-refractivity contribution < 1.29 is 8.83 Å². The summed E-state index contributed by atoms with van der Waals surface area (Å²) in [6.07, 6.45) is 0. The Hall–Kier alpha value is -7.11. The van der Waals surface area contributed by atoms with Crippen molar-refractivity contribution in [2.75, 3.05) is 0 Å². The van der Waals surface area contributed by atoms with Crippen molar-refractivity contribution in [2.24, 2.45) is 0 Å². The minimum absolute atomic E-state index is 0.586. The van der Waals surface area contributed by atoms with E-state index in [1.54, 1.807) is 0 Å². The van der Waals surface area contributed by atoms with Crippen molar-refractivity contribution in [3.63, 3.8) is 0 Å². The summed E-state index contributed by atoms with van der Waals surface area (Å²) in [5.41, 5.74) is 8.08. The van der Waals surface area contributed by atoms with Crippen LogP contribution in [0.3, 0.4) is 0 Å². The van der Waals surface area contributed by atoms with Crippen LogP contribution in [0.15, 0.2) is 173 Å². The summed E-state index contributed by atoms with van der Waals surface area (Å²) in [6, 6.07) is 56.3. The summed E-state index contributed by atoms with van der Waals surface area (Å²) in [5, 5.41) is 8.70. The lowest BCUT2D eigenvalue weighted by Gasteiger charge is -2.10. The first kappa shape index (κ1) is 28.7. The number of fused-ring (bicyclic) bond motifs is 8. The quantitative estimate of drug-likeness (QED) is 0.187. The van der Waals surface area contributed by atoms with Crippen LogP contribution in [0.2, 0.25) is 0 Å². The minimum Gasteiger partial charge on any atom is -0.456 e. The van der Waals surface area contributed by atoms with Crippen LogP contribution >= 0.6 is 0 Å². The maximum Gasteiger partial charge on any atom is 0.164 e. The minimum atomic E-state index is 0.586. The van der Waals surface area contributed by atoms with Crippen LogP contribution in [-0.2, 0) is 0 Å². The van der Waals surface area contributed by atoms with E-state index in [0.29, 0.717) is 17.5 Å². The Morgan fingerprint density at radius 3 is 1.54 bits per heavy atom. The molecule has 0 N–H and O–H groups in total. The molecule has 0 saturated carbocycles. The lowest BCUT2D eigenvalue weighted by molar-refractivity contribution is 0.668. The summed E-state index contributed by atoms with van der Waals surface area (Å²) in [6.45, 7) is 0. The van der Waals surface area contributed by atoms with E-state index >= 15 is 0 Å². The number of hydrogen-bond donors (Lipinski definition) is 0. The molecule has 0 fully saturated rings. The molecule has 11 aromatic rings. The molecule has 3 heterocycles. The summed E-state index contributed by atoms with van der Waals surface area (Å²) in [4.78, 5) is 15.4. The van der Waals surface area contributed by atoms with Gasteiger partial charge in [0.1, 0.15) is 22.3 Å². The lowest BCUT2D eigenvalue weighted by atomic mass is 9.97. The summed E-state index contributed by atoms with van der Waals surface area (Å²) in [7, 11) is 0. The van der Waals surface area contributed by atoms with Gasteiger partial charge in [0.05, 0.1) is 0 Å². The third-order valence-electron chi connectivity index (χ3n) is 10.1. The molecule has 0 aliphatic carbocycles. The number of furan rings is 2. The monoisotopic (exact) mass is 665 g/mol. The first-order valence-corrected chi connectivity index (χ1v) is 17.3. The predicted octanol–water partition coefficient (Wildman–Crippen LogP) is 12.6. The molecular formula is C47H27N3O2. The van der Waals surface area contributed by atoms with Crippen LogP contribution in [0.5, 0.6) is 0 Å². The molecule has 52 heavy (non-hydrogen) atoms. The van der Waals surface area contributed by atoms with Crippen molar-refractivity contribution in [1.82, 2.24) is 15.0 Å². The number of hydrogen-bond acceptors (Lipinski definition) is 5. The second-order valence-corrected chi connectivity index (χ2v) is 13.2. The van der Waals surface area contributed by atoms with Crippen LogP contribution in [0, 0.1) is 0 Å². The molecule has 8 aromatic carbocycles. The Labute approximate surface area is 297 Å². The van der Waals surface area contributed by atoms with Gasteiger partial charge >= 0.3 is 0 Å². The molecule has 0 aliphatic heterocycles. The molecule has 3 aromatic heterocycles. The van der Waals surface area contributed by atoms with E-state index in [4.69, 9.17) is 23.8 Å². The summed E-state index contributed by atoms with van der Waals surface area (Å²) < 4.78 is 13.0. The fourth-order valence-electron chi connectivity index (χ4n) is 7.66. The Bertz CT molecular complexity index is 3110. The molecule has 5 nitrogen and oxygen atoms in total. The number of rotatable bonds is 4. The Balaban J connectivity index is 1.15. The third-order valence-corrected chi connectivity index (χ3v) is 10.1. The molecule has 0 radical (unpaired) electrons. The lowest BCUT2D eigenvalue weighted by Crippen LogP contribution is -2.00. The maximum atomic E-state index is 6.76. The summed E-state index contributed by atoms with van der Waals surface area (Å²) >= 11 is 0. The Kier molecular flexibility index (Phi) is 6.18. The van der Waals surface area contributed by atoms with E-state index in [1.165, 1.54) is 10.8 Å². The number of aromatic nitrogens is 3. The van der Waals surface area contributed by atoms with Gasteiger partial charge in [-0.3, -0.25) is 0 Å². The van der Waals surface area contributed by atoms with Crippen molar-refractivity contribution in [2.45, 2.75) is 0 Å². The molecule has 242 valence electrons. The van der Waals surface area contributed by atoms with E-state index in [0.717, 1.165) is 82.5 Å². The van der Waals surface area contributed by atoms with Gasteiger partial charge in [0.15, 0.2) is 17.5 Å². The molecule has 0 unspecified atom stereocenters. The average Bonchev–Trinajstić information content (AvgIpc) is 3.79. The normalized spacial score (nSPS) is 11.8. The second kappa shape index (κ2) is 11.2. The fraction of sp³-hybridized carbons (Fsp3) is 0. The predicted molar refractivity (Wildman–Crippen MR) is 211 cm³/mol. The SMILES string of the molecule is c1ccc2cc(-c3nc(-c4ccc5ccccc5c4)nc(-c4cccc5oc6c(-c7cccc8oc9ccccc9c78)cccc6c45)n3)ccc2c1. The van der Waals surface area contributed by atoms with E-state index in [1.807, 2.05) is 36.4 Å². The highest BCUT2D eigenvalue weighted by Crippen LogP contribution is 2.43. The molecule has 0 atom stereocenters. The van der Waals surface area contributed by atoms with Gasteiger partial charge in [-0.05, 0) is 57.4 Å². The smallest absolute Gasteiger partial charge is 0.164 e. The van der Waals surface area contributed by atoms with Gasteiger partial charge < -0.3 is 8.83 Å². The van der Waals surface area contributed by atoms with Gasteiger partial charge in [0, 0.05) is 43.8 Å². The van der Waals surface area contributed by atoms with Crippen LogP contribution in [0.25, 0.3) is 111 Å². The number of benzene rings is 8. The molecule has 0 bridgehead atoms. The van der Waals surface area contributed by atoms with Gasteiger partial charge in [0.25, 0.3) is 0 Å². The van der Waals surface area contributed by atoms with Crippen molar-refractivity contribution in [3.05, 3.63) is 164 Å². The van der Waals surface area contributed by atoms with Crippen molar-refractivity contribution in [1.29, 1.82) is 0 Å². The van der Waals surface area contributed by atoms with Crippen LogP contribution in [-0.4, -0.2) is 15.0 Å². The van der Waals surface area contributed by atoms with Crippen molar-refractivity contribution >= 4 is 65.4 Å². The van der Waals surface area contributed by atoms with E-state index in [9.17, 15) is 0 Å². The topological polar surface area (TPSA) is 65.0 Å².